The third kappa shape index (κ3) is 6.58. The third-order valence-corrected chi connectivity index (χ3v) is 2.87. The van der Waals surface area contributed by atoms with Crippen LogP contribution in [-0.2, 0) is 4.74 Å². The Morgan fingerprint density at radius 1 is 1.14 bits per heavy atom. The van der Waals surface area contributed by atoms with Crippen LogP contribution in [0.15, 0.2) is 24.3 Å². The number of anilines is 1. The van der Waals surface area contributed by atoms with E-state index in [-0.39, 0.29) is 18.0 Å². The average Bonchev–Trinajstić information content (AvgIpc) is 2.45. The summed E-state index contributed by atoms with van der Waals surface area (Å²) in [6.07, 6.45) is 0. The highest BCUT2D eigenvalue weighted by molar-refractivity contribution is 5.95. The van der Waals surface area contributed by atoms with Crippen LogP contribution in [-0.4, -0.2) is 38.2 Å². The van der Waals surface area contributed by atoms with E-state index in [0.29, 0.717) is 30.3 Å². The van der Waals surface area contributed by atoms with Crippen LogP contribution in [0.25, 0.3) is 0 Å². The largest absolute Gasteiger partial charge is 0.383 e. The summed E-state index contributed by atoms with van der Waals surface area (Å²) in [5.41, 5.74) is 1.20. The maximum absolute atomic E-state index is 11.9. The Bertz CT molecular complexity index is 486. The van der Waals surface area contributed by atoms with Gasteiger partial charge < -0.3 is 20.7 Å². The molecule has 6 heteroatoms. The molecule has 1 aromatic rings. The van der Waals surface area contributed by atoms with Gasteiger partial charge in [0.25, 0.3) is 5.91 Å². The van der Waals surface area contributed by atoms with Gasteiger partial charge in [-0.15, -0.1) is 0 Å². The maximum atomic E-state index is 11.9. The second-order valence-corrected chi connectivity index (χ2v) is 5.64. The molecule has 0 radical (unpaired) electrons. The van der Waals surface area contributed by atoms with Crippen molar-refractivity contribution in [3.63, 3.8) is 0 Å². The number of hydrogen-bond donors (Lipinski definition) is 3. The minimum atomic E-state index is -0.304. The smallest absolute Gasteiger partial charge is 0.319 e. The van der Waals surface area contributed by atoms with Crippen molar-refractivity contribution < 1.29 is 14.3 Å². The highest BCUT2D eigenvalue weighted by Crippen LogP contribution is 2.09. The Morgan fingerprint density at radius 2 is 1.77 bits per heavy atom. The van der Waals surface area contributed by atoms with Gasteiger partial charge in [-0.25, -0.2) is 4.79 Å². The first-order valence-corrected chi connectivity index (χ1v) is 7.37. The number of urea groups is 1. The molecule has 122 valence electrons. The Morgan fingerprint density at radius 3 is 2.32 bits per heavy atom. The molecule has 1 aromatic carbocycles. The number of ether oxygens (including phenoxy) is 1. The molecule has 22 heavy (non-hydrogen) atoms. The van der Waals surface area contributed by atoms with Gasteiger partial charge in [-0.1, -0.05) is 13.8 Å². The molecule has 0 aliphatic heterocycles. The Kier molecular flexibility index (Phi) is 7.39. The molecule has 0 fully saturated rings. The first kappa shape index (κ1) is 18.0. The molecule has 1 atom stereocenters. The topological polar surface area (TPSA) is 79.5 Å². The van der Waals surface area contributed by atoms with Gasteiger partial charge in [0.1, 0.15) is 0 Å². The van der Waals surface area contributed by atoms with Crippen LogP contribution in [0.1, 0.15) is 31.1 Å². The van der Waals surface area contributed by atoms with Gasteiger partial charge >= 0.3 is 6.03 Å². The standard InChI is InChI=1S/C16H25N3O3/c1-11(2)9-17-15(20)13-5-7-14(8-6-13)19-16(21)18-12(3)10-22-4/h5-8,11-12H,9-10H2,1-4H3,(H,17,20)(H2,18,19,21). The van der Waals surface area contributed by atoms with Crippen molar-refractivity contribution in [2.75, 3.05) is 25.6 Å². The molecular formula is C16H25N3O3. The lowest BCUT2D eigenvalue weighted by molar-refractivity contribution is 0.0949. The van der Waals surface area contributed by atoms with E-state index < -0.39 is 0 Å². The molecule has 1 rings (SSSR count). The van der Waals surface area contributed by atoms with Gasteiger partial charge in [0.05, 0.1) is 12.6 Å². The second kappa shape index (κ2) is 9.04. The van der Waals surface area contributed by atoms with Gasteiger partial charge in [-0.05, 0) is 37.1 Å². The predicted octanol–water partition coefficient (Wildman–Crippen LogP) is 2.23. The lowest BCUT2D eigenvalue weighted by Gasteiger charge is -2.14. The summed E-state index contributed by atoms with van der Waals surface area (Å²) >= 11 is 0. The summed E-state index contributed by atoms with van der Waals surface area (Å²) in [5.74, 6) is 0.293. The summed E-state index contributed by atoms with van der Waals surface area (Å²) in [7, 11) is 1.58. The summed E-state index contributed by atoms with van der Waals surface area (Å²) in [6, 6.07) is 6.39. The minimum Gasteiger partial charge on any atom is -0.383 e. The molecule has 0 aliphatic rings. The average molecular weight is 307 g/mol. The number of methoxy groups -OCH3 is 1. The fraction of sp³-hybridized carbons (Fsp3) is 0.500. The maximum Gasteiger partial charge on any atom is 0.319 e. The first-order chi connectivity index (χ1) is 10.4. The molecule has 0 spiro atoms. The number of carbonyl (C=O) groups excluding carboxylic acids is 2. The van der Waals surface area contributed by atoms with Gasteiger partial charge in [0, 0.05) is 24.9 Å². The molecular weight excluding hydrogens is 282 g/mol. The minimum absolute atomic E-state index is 0.0777. The van der Waals surface area contributed by atoms with Crippen molar-refractivity contribution in [1.29, 1.82) is 0 Å². The van der Waals surface area contributed by atoms with Crippen molar-refractivity contribution >= 4 is 17.6 Å². The first-order valence-electron chi connectivity index (χ1n) is 7.37. The number of amides is 3. The molecule has 0 bridgehead atoms. The van der Waals surface area contributed by atoms with Gasteiger partial charge in [-0.3, -0.25) is 4.79 Å². The Hall–Kier alpha value is -2.08. The van der Waals surface area contributed by atoms with Crippen LogP contribution in [0.3, 0.4) is 0 Å². The fourth-order valence-electron chi connectivity index (χ4n) is 1.79. The van der Waals surface area contributed by atoms with Crippen LogP contribution in [0.5, 0.6) is 0 Å². The molecule has 3 amide bonds. The van der Waals surface area contributed by atoms with Crippen molar-refractivity contribution in [2.45, 2.75) is 26.8 Å². The molecule has 6 nitrogen and oxygen atoms in total. The molecule has 0 aromatic heterocycles. The van der Waals surface area contributed by atoms with Crippen LogP contribution >= 0.6 is 0 Å². The van der Waals surface area contributed by atoms with Crippen molar-refractivity contribution in [1.82, 2.24) is 10.6 Å². The van der Waals surface area contributed by atoms with Crippen LogP contribution in [0, 0.1) is 5.92 Å². The molecule has 0 saturated carbocycles. The van der Waals surface area contributed by atoms with E-state index in [4.69, 9.17) is 4.74 Å². The lowest BCUT2D eigenvalue weighted by atomic mass is 10.1. The van der Waals surface area contributed by atoms with E-state index in [1.807, 2.05) is 20.8 Å². The van der Waals surface area contributed by atoms with E-state index in [2.05, 4.69) is 16.0 Å². The third-order valence-electron chi connectivity index (χ3n) is 2.87. The molecule has 3 N–H and O–H groups in total. The van der Waals surface area contributed by atoms with Crippen molar-refractivity contribution in [3.05, 3.63) is 29.8 Å². The number of nitrogens with one attached hydrogen (secondary N) is 3. The zero-order chi connectivity index (χ0) is 16.5. The molecule has 0 heterocycles. The van der Waals surface area contributed by atoms with Crippen molar-refractivity contribution in [3.8, 4) is 0 Å². The van der Waals surface area contributed by atoms with E-state index in [0.717, 1.165) is 0 Å². The molecule has 0 saturated heterocycles. The van der Waals surface area contributed by atoms with Crippen LogP contribution in [0.4, 0.5) is 10.5 Å². The number of carbonyl (C=O) groups is 2. The fourth-order valence-corrected chi connectivity index (χ4v) is 1.79. The van der Waals surface area contributed by atoms with E-state index >= 15 is 0 Å². The number of benzene rings is 1. The predicted molar refractivity (Wildman–Crippen MR) is 87.1 cm³/mol. The Labute approximate surface area is 131 Å². The van der Waals surface area contributed by atoms with E-state index in [9.17, 15) is 9.59 Å². The molecule has 1 unspecified atom stereocenters. The van der Waals surface area contributed by atoms with Gasteiger partial charge in [0.2, 0.25) is 0 Å². The monoisotopic (exact) mass is 307 g/mol. The zero-order valence-electron chi connectivity index (χ0n) is 13.6. The number of rotatable bonds is 7. The van der Waals surface area contributed by atoms with Crippen LogP contribution in [0.2, 0.25) is 0 Å². The number of hydrogen-bond acceptors (Lipinski definition) is 3. The zero-order valence-corrected chi connectivity index (χ0v) is 13.6. The van der Waals surface area contributed by atoms with E-state index in [1.54, 1.807) is 31.4 Å². The van der Waals surface area contributed by atoms with E-state index in [1.165, 1.54) is 0 Å². The highest BCUT2D eigenvalue weighted by atomic mass is 16.5. The molecule has 0 aliphatic carbocycles. The lowest BCUT2D eigenvalue weighted by Crippen LogP contribution is -2.38. The van der Waals surface area contributed by atoms with Gasteiger partial charge in [0.15, 0.2) is 0 Å². The summed E-state index contributed by atoms with van der Waals surface area (Å²) in [4.78, 5) is 23.6. The SMILES string of the molecule is COCC(C)NC(=O)Nc1ccc(C(=O)NCC(C)C)cc1. The quantitative estimate of drug-likeness (QED) is 0.722. The van der Waals surface area contributed by atoms with Crippen LogP contribution < -0.4 is 16.0 Å². The normalized spacial score (nSPS) is 11.9. The Balaban J connectivity index is 2.50. The summed E-state index contributed by atoms with van der Waals surface area (Å²) in [6.45, 7) is 7.01. The summed E-state index contributed by atoms with van der Waals surface area (Å²) < 4.78 is 4.95. The second-order valence-electron chi connectivity index (χ2n) is 5.64. The van der Waals surface area contributed by atoms with Gasteiger partial charge in [-0.2, -0.15) is 0 Å². The van der Waals surface area contributed by atoms with Crippen molar-refractivity contribution in [2.24, 2.45) is 5.92 Å². The summed E-state index contributed by atoms with van der Waals surface area (Å²) in [5, 5.41) is 8.30. The highest BCUT2D eigenvalue weighted by Gasteiger charge is 2.08.